The van der Waals surface area contributed by atoms with Crippen LogP contribution in [0.2, 0.25) is 0 Å². The summed E-state index contributed by atoms with van der Waals surface area (Å²) in [5, 5.41) is 14.6. The Kier molecular flexibility index (Phi) is 6.01. The summed E-state index contributed by atoms with van der Waals surface area (Å²) in [6.07, 6.45) is 2.25. The van der Waals surface area contributed by atoms with E-state index in [1.807, 2.05) is 0 Å². The van der Waals surface area contributed by atoms with E-state index in [0.717, 1.165) is 6.42 Å². The summed E-state index contributed by atoms with van der Waals surface area (Å²) in [4.78, 5) is 22.9. The van der Waals surface area contributed by atoms with Crippen molar-refractivity contribution in [2.24, 2.45) is 11.0 Å². The van der Waals surface area contributed by atoms with Gasteiger partial charge in [-0.05, 0) is 41.0 Å². The van der Waals surface area contributed by atoms with Crippen molar-refractivity contribution >= 4 is 18.1 Å². The summed E-state index contributed by atoms with van der Waals surface area (Å²) in [7, 11) is 0. The van der Waals surface area contributed by atoms with Crippen LogP contribution in [-0.2, 0) is 15.0 Å². The Labute approximate surface area is 170 Å². The molecule has 0 aliphatic heterocycles. The number of hydrogen-bond donors (Lipinski definition) is 1. The highest BCUT2D eigenvalue weighted by molar-refractivity contribution is 5.87. The Morgan fingerprint density at radius 2 is 1.86 bits per heavy atom. The van der Waals surface area contributed by atoms with Crippen molar-refractivity contribution in [1.29, 1.82) is 0 Å². The van der Waals surface area contributed by atoms with Crippen LogP contribution in [0.25, 0.3) is 0 Å². The van der Waals surface area contributed by atoms with E-state index in [0.29, 0.717) is 11.3 Å². The van der Waals surface area contributed by atoms with Gasteiger partial charge in [0.05, 0.1) is 12.2 Å². The van der Waals surface area contributed by atoms with Gasteiger partial charge in [0, 0.05) is 11.5 Å². The third-order valence-corrected chi connectivity index (χ3v) is 4.97. The zero-order chi connectivity index (χ0) is 21.0. The minimum absolute atomic E-state index is 0.0859. The number of ether oxygens (including phenoxy) is 1. The summed E-state index contributed by atoms with van der Waals surface area (Å²) in [6.45, 7) is 5.98. The van der Waals surface area contributed by atoms with E-state index in [1.165, 1.54) is 17.3 Å². The van der Waals surface area contributed by atoms with E-state index in [1.54, 1.807) is 24.3 Å². The fourth-order valence-corrected chi connectivity index (χ4v) is 3.19. The van der Waals surface area contributed by atoms with Crippen LogP contribution < -0.4 is 15.3 Å². The van der Waals surface area contributed by atoms with Crippen LogP contribution in [-0.4, -0.2) is 24.7 Å². The molecule has 0 aromatic heterocycles. The maximum atomic E-state index is 12.4. The lowest BCUT2D eigenvalue weighted by Crippen LogP contribution is -2.29. The highest BCUT2D eigenvalue weighted by Gasteiger charge is 2.44. The van der Waals surface area contributed by atoms with Crippen molar-refractivity contribution in [3.8, 4) is 5.75 Å². The highest BCUT2D eigenvalue weighted by Crippen LogP contribution is 2.47. The number of rotatable bonds is 7. The first kappa shape index (κ1) is 20.6. The van der Waals surface area contributed by atoms with Gasteiger partial charge < -0.3 is 14.6 Å². The Morgan fingerprint density at radius 3 is 2.52 bits per heavy atom. The summed E-state index contributed by atoms with van der Waals surface area (Å²) >= 11 is 0. The van der Waals surface area contributed by atoms with E-state index < -0.39 is 12.6 Å². The van der Waals surface area contributed by atoms with E-state index in [-0.39, 0.29) is 23.2 Å². The predicted molar refractivity (Wildman–Crippen MR) is 109 cm³/mol. The van der Waals surface area contributed by atoms with E-state index in [4.69, 9.17) is 4.74 Å². The molecule has 152 valence electrons. The van der Waals surface area contributed by atoms with Gasteiger partial charge in [-0.15, -0.1) is 0 Å². The summed E-state index contributed by atoms with van der Waals surface area (Å²) in [6, 6.07) is 15.3. The molecule has 0 saturated heterocycles. The number of nitrogens with one attached hydrogen (secondary N) is 1. The number of carboxylic acid groups (broad SMARTS) is 1. The first-order chi connectivity index (χ1) is 13.8. The van der Waals surface area contributed by atoms with Gasteiger partial charge in [0.25, 0.3) is 0 Å². The number of hydrogen-bond acceptors (Lipinski definition) is 5. The standard InChI is InChI=1S/C23H26N2O4/c1-23(2,3)17-10-8-15(9-11-17)18-12-19(18)22(28)25-24-13-16-6-4-5-7-20(16)29-14-21(26)27/h4-11,13,18-19H,12,14H2,1-3H3,(H,25,28)(H,26,27)/p-1/t18-,19+/m1/s1. The van der Waals surface area contributed by atoms with Crippen molar-refractivity contribution < 1.29 is 19.4 Å². The number of aliphatic carboxylic acids is 1. The first-order valence-electron chi connectivity index (χ1n) is 9.61. The average molecular weight is 393 g/mol. The number of amides is 1. The number of carbonyl (C=O) groups excluding carboxylic acids is 2. The number of carbonyl (C=O) groups is 2. The Morgan fingerprint density at radius 1 is 1.17 bits per heavy atom. The molecule has 0 heterocycles. The monoisotopic (exact) mass is 393 g/mol. The molecule has 1 saturated carbocycles. The van der Waals surface area contributed by atoms with E-state index in [2.05, 4.69) is 55.6 Å². The quantitative estimate of drug-likeness (QED) is 0.578. The maximum Gasteiger partial charge on any atom is 0.243 e. The van der Waals surface area contributed by atoms with Crippen LogP contribution in [0.5, 0.6) is 5.75 Å². The molecule has 3 rings (SSSR count). The predicted octanol–water partition coefficient (Wildman–Crippen LogP) is 2.37. The highest BCUT2D eigenvalue weighted by atomic mass is 16.5. The van der Waals surface area contributed by atoms with Crippen LogP contribution >= 0.6 is 0 Å². The van der Waals surface area contributed by atoms with Crippen molar-refractivity contribution in [3.05, 3.63) is 65.2 Å². The largest absolute Gasteiger partial charge is 0.546 e. The number of para-hydroxylation sites is 1. The van der Waals surface area contributed by atoms with Gasteiger partial charge in [-0.2, -0.15) is 5.10 Å². The minimum Gasteiger partial charge on any atom is -0.546 e. The Balaban J connectivity index is 1.55. The van der Waals surface area contributed by atoms with Crippen LogP contribution in [0.3, 0.4) is 0 Å². The van der Waals surface area contributed by atoms with E-state index in [9.17, 15) is 14.7 Å². The molecule has 0 unspecified atom stereocenters. The van der Waals surface area contributed by atoms with Gasteiger partial charge in [-0.1, -0.05) is 57.2 Å². The number of benzene rings is 2. The zero-order valence-corrected chi connectivity index (χ0v) is 16.8. The average Bonchev–Trinajstić information content (AvgIpc) is 3.47. The zero-order valence-electron chi connectivity index (χ0n) is 16.8. The van der Waals surface area contributed by atoms with Crippen LogP contribution in [0.1, 0.15) is 49.8 Å². The van der Waals surface area contributed by atoms with Crippen LogP contribution in [0.15, 0.2) is 53.6 Å². The topological polar surface area (TPSA) is 90.8 Å². The SMILES string of the molecule is CC(C)(C)c1ccc([C@H]2C[C@@H]2C(=O)NN=Cc2ccccc2OCC(=O)[O-])cc1. The molecular formula is C23H25N2O4-. The minimum atomic E-state index is -1.31. The maximum absolute atomic E-state index is 12.4. The smallest absolute Gasteiger partial charge is 0.243 e. The Bertz CT molecular complexity index is 913. The third kappa shape index (κ3) is 5.44. The van der Waals surface area contributed by atoms with Gasteiger partial charge in [0.1, 0.15) is 12.4 Å². The molecule has 29 heavy (non-hydrogen) atoms. The van der Waals surface area contributed by atoms with Crippen LogP contribution in [0.4, 0.5) is 0 Å². The lowest BCUT2D eigenvalue weighted by molar-refractivity contribution is -0.307. The van der Waals surface area contributed by atoms with Gasteiger partial charge in [-0.25, -0.2) is 5.43 Å². The van der Waals surface area contributed by atoms with Crippen molar-refractivity contribution in [1.82, 2.24) is 5.43 Å². The normalized spacial score (nSPS) is 18.4. The third-order valence-electron chi connectivity index (χ3n) is 4.97. The molecule has 2 aromatic rings. The fourth-order valence-electron chi connectivity index (χ4n) is 3.19. The lowest BCUT2D eigenvalue weighted by atomic mass is 9.86. The van der Waals surface area contributed by atoms with Gasteiger partial charge in [0.15, 0.2) is 0 Å². The van der Waals surface area contributed by atoms with Crippen LogP contribution in [0, 0.1) is 5.92 Å². The van der Waals surface area contributed by atoms with Crippen molar-refractivity contribution in [2.45, 2.75) is 38.5 Å². The second-order valence-corrected chi connectivity index (χ2v) is 8.25. The number of nitrogens with zero attached hydrogens (tertiary/aromatic N) is 1. The lowest BCUT2D eigenvalue weighted by Gasteiger charge is -2.19. The van der Waals surface area contributed by atoms with Crippen molar-refractivity contribution in [3.63, 3.8) is 0 Å². The molecule has 0 spiro atoms. The molecule has 2 atom stereocenters. The number of carboxylic acids is 1. The van der Waals surface area contributed by atoms with E-state index >= 15 is 0 Å². The molecule has 1 amide bonds. The summed E-state index contributed by atoms with van der Waals surface area (Å²) in [5.41, 5.74) is 5.68. The summed E-state index contributed by atoms with van der Waals surface area (Å²) in [5.74, 6) is -0.937. The molecular weight excluding hydrogens is 368 g/mol. The Hall–Kier alpha value is -3.15. The van der Waals surface area contributed by atoms with Crippen molar-refractivity contribution in [2.75, 3.05) is 6.61 Å². The molecule has 1 aliphatic carbocycles. The molecule has 0 bridgehead atoms. The van der Waals surface area contributed by atoms with Gasteiger partial charge in [-0.3, -0.25) is 4.79 Å². The second-order valence-electron chi connectivity index (χ2n) is 8.25. The molecule has 2 aromatic carbocycles. The number of hydrazone groups is 1. The molecule has 0 radical (unpaired) electrons. The molecule has 6 nitrogen and oxygen atoms in total. The second kappa shape index (κ2) is 8.47. The molecule has 1 N–H and O–H groups in total. The molecule has 6 heteroatoms. The molecule has 1 fully saturated rings. The first-order valence-corrected chi connectivity index (χ1v) is 9.61. The van der Waals surface area contributed by atoms with Gasteiger partial charge >= 0.3 is 0 Å². The molecule has 1 aliphatic rings. The fraction of sp³-hybridized carbons (Fsp3) is 0.348. The summed E-state index contributed by atoms with van der Waals surface area (Å²) < 4.78 is 5.16. The van der Waals surface area contributed by atoms with Gasteiger partial charge in [0.2, 0.25) is 5.91 Å².